The normalized spacial score (nSPS) is 9.67. The molecule has 0 aliphatic rings. The van der Waals surface area contributed by atoms with Crippen molar-refractivity contribution in [1.82, 2.24) is 0 Å². The van der Waals surface area contributed by atoms with Crippen LogP contribution in [0.25, 0.3) is 0 Å². The predicted octanol–water partition coefficient (Wildman–Crippen LogP) is 3.11. The molecule has 2 N–H and O–H groups in total. The summed E-state index contributed by atoms with van der Waals surface area (Å²) in [5.41, 5.74) is 2.27. The van der Waals surface area contributed by atoms with Crippen molar-refractivity contribution in [3.63, 3.8) is 0 Å². The first-order valence-corrected chi connectivity index (χ1v) is 6.87. The second-order valence-electron chi connectivity index (χ2n) is 4.33. The van der Waals surface area contributed by atoms with Gasteiger partial charge in [0.05, 0.1) is 11.1 Å². The van der Waals surface area contributed by atoms with Crippen molar-refractivity contribution in [3.05, 3.63) is 50.7 Å². The molecule has 0 unspecified atom stereocenters. The Labute approximate surface area is 125 Å². The summed E-state index contributed by atoms with van der Waals surface area (Å²) in [5.74, 6) is -0.931. The number of nitriles is 2. The number of carbonyl (C=O) groups is 1. The minimum absolute atomic E-state index is 0.307. The van der Waals surface area contributed by atoms with Crippen LogP contribution >= 0.6 is 11.3 Å². The molecule has 0 spiro atoms. The fourth-order valence-electron chi connectivity index (χ4n) is 1.84. The Kier molecular flexibility index (Phi) is 4.22. The Morgan fingerprint density at radius 2 is 2.00 bits per heavy atom. The Bertz CT molecular complexity index is 781. The number of nitrogens with one attached hydrogen (secondary N) is 1. The van der Waals surface area contributed by atoms with E-state index in [-0.39, 0.29) is 0 Å². The third kappa shape index (κ3) is 3.19. The molecule has 6 heteroatoms. The van der Waals surface area contributed by atoms with Crippen LogP contribution in [0, 0.1) is 29.6 Å². The van der Waals surface area contributed by atoms with Crippen molar-refractivity contribution < 1.29 is 9.90 Å². The van der Waals surface area contributed by atoms with Gasteiger partial charge in [-0.15, -0.1) is 11.3 Å². The average molecular weight is 297 g/mol. The van der Waals surface area contributed by atoms with Gasteiger partial charge in [-0.25, -0.2) is 4.79 Å². The SMILES string of the molecule is Cc1sc(C(=O)O)cc1CNc1ccc(C#N)c(C#N)c1. The minimum Gasteiger partial charge on any atom is -0.477 e. The highest BCUT2D eigenvalue weighted by atomic mass is 32.1. The molecule has 0 saturated carbocycles. The zero-order valence-electron chi connectivity index (χ0n) is 11.2. The highest BCUT2D eigenvalue weighted by Gasteiger charge is 2.11. The van der Waals surface area contributed by atoms with Crippen molar-refractivity contribution in [3.8, 4) is 12.1 Å². The van der Waals surface area contributed by atoms with Crippen molar-refractivity contribution in [2.24, 2.45) is 0 Å². The molecular formula is C15H11N3O2S. The minimum atomic E-state index is -0.931. The molecule has 5 nitrogen and oxygen atoms in total. The fraction of sp³-hybridized carbons (Fsp3) is 0.133. The van der Waals surface area contributed by atoms with Crippen LogP contribution in [-0.4, -0.2) is 11.1 Å². The molecule has 0 radical (unpaired) electrons. The van der Waals surface area contributed by atoms with Crippen LogP contribution in [0.3, 0.4) is 0 Å². The van der Waals surface area contributed by atoms with Crippen LogP contribution in [0.15, 0.2) is 24.3 Å². The molecule has 1 aromatic carbocycles. The lowest BCUT2D eigenvalue weighted by Crippen LogP contribution is -2.00. The Hall–Kier alpha value is -2.83. The van der Waals surface area contributed by atoms with E-state index < -0.39 is 5.97 Å². The molecule has 0 amide bonds. The van der Waals surface area contributed by atoms with Gasteiger partial charge in [-0.05, 0) is 36.8 Å². The van der Waals surface area contributed by atoms with E-state index in [4.69, 9.17) is 15.6 Å². The van der Waals surface area contributed by atoms with Gasteiger partial charge < -0.3 is 10.4 Å². The third-order valence-corrected chi connectivity index (χ3v) is 4.06. The zero-order chi connectivity index (χ0) is 15.4. The van der Waals surface area contributed by atoms with Gasteiger partial charge >= 0.3 is 5.97 Å². The molecule has 2 aromatic rings. The molecule has 0 aliphatic heterocycles. The predicted molar refractivity (Wildman–Crippen MR) is 79.2 cm³/mol. The first-order valence-electron chi connectivity index (χ1n) is 6.06. The number of hydrogen-bond acceptors (Lipinski definition) is 5. The summed E-state index contributed by atoms with van der Waals surface area (Å²) in [6.45, 7) is 2.33. The number of aryl methyl sites for hydroxylation is 1. The molecule has 0 fully saturated rings. The van der Waals surface area contributed by atoms with E-state index in [0.717, 1.165) is 10.4 Å². The Morgan fingerprint density at radius 1 is 1.29 bits per heavy atom. The summed E-state index contributed by atoms with van der Waals surface area (Å²) in [5, 5.41) is 29.9. The van der Waals surface area contributed by atoms with Gasteiger partial charge in [0.15, 0.2) is 0 Å². The molecule has 0 atom stereocenters. The van der Waals surface area contributed by atoms with E-state index >= 15 is 0 Å². The van der Waals surface area contributed by atoms with E-state index in [0.29, 0.717) is 28.2 Å². The summed E-state index contributed by atoms with van der Waals surface area (Å²) in [6.07, 6.45) is 0. The number of anilines is 1. The van der Waals surface area contributed by atoms with Crippen LogP contribution in [0.2, 0.25) is 0 Å². The van der Waals surface area contributed by atoms with Gasteiger partial charge in [0, 0.05) is 17.1 Å². The Balaban J connectivity index is 2.16. The van der Waals surface area contributed by atoms with Crippen molar-refractivity contribution >= 4 is 23.0 Å². The molecule has 0 saturated heterocycles. The number of nitrogens with zero attached hydrogens (tertiary/aromatic N) is 2. The fourth-order valence-corrected chi connectivity index (χ4v) is 2.72. The number of carboxylic acid groups (broad SMARTS) is 1. The third-order valence-electron chi connectivity index (χ3n) is 2.97. The zero-order valence-corrected chi connectivity index (χ0v) is 12.0. The molecule has 21 heavy (non-hydrogen) atoms. The molecule has 1 heterocycles. The number of thiophene rings is 1. The first-order chi connectivity index (χ1) is 10.0. The lowest BCUT2D eigenvalue weighted by atomic mass is 10.1. The quantitative estimate of drug-likeness (QED) is 0.903. The van der Waals surface area contributed by atoms with Gasteiger partial charge in [0.1, 0.15) is 17.0 Å². The number of carboxylic acids is 1. The lowest BCUT2D eigenvalue weighted by Gasteiger charge is -2.07. The van der Waals surface area contributed by atoms with Crippen molar-refractivity contribution in [1.29, 1.82) is 10.5 Å². The van der Waals surface area contributed by atoms with E-state index in [1.165, 1.54) is 11.3 Å². The van der Waals surface area contributed by atoms with E-state index in [9.17, 15) is 4.79 Å². The highest BCUT2D eigenvalue weighted by molar-refractivity contribution is 7.14. The first kappa shape index (κ1) is 14.6. The topological polar surface area (TPSA) is 96.9 Å². The van der Waals surface area contributed by atoms with Gasteiger partial charge in [-0.3, -0.25) is 0 Å². The van der Waals surface area contributed by atoms with Crippen LogP contribution in [0.1, 0.15) is 31.2 Å². The van der Waals surface area contributed by atoms with Crippen LogP contribution in [0.5, 0.6) is 0 Å². The average Bonchev–Trinajstić information content (AvgIpc) is 2.86. The molecule has 0 aliphatic carbocycles. The van der Waals surface area contributed by atoms with E-state index in [1.54, 1.807) is 24.3 Å². The molecule has 104 valence electrons. The van der Waals surface area contributed by atoms with Gasteiger partial charge in [0.25, 0.3) is 0 Å². The van der Waals surface area contributed by atoms with E-state index in [2.05, 4.69) is 5.32 Å². The molecule has 1 aromatic heterocycles. The van der Waals surface area contributed by atoms with Gasteiger partial charge in [-0.1, -0.05) is 0 Å². The van der Waals surface area contributed by atoms with Crippen molar-refractivity contribution in [2.75, 3.05) is 5.32 Å². The van der Waals surface area contributed by atoms with Crippen LogP contribution in [-0.2, 0) is 6.54 Å². The number of rotatable bonds is 4. The Morgan fingerprint density at radius 3 is 2.57 bits per heavy atom. The van der Waals surface area contributed by atoms with E-state index in [1.807, 2.05) is 19.1 Å². The summed E-state index contributed by atoms with van der Waals surface area (Å²) in [6, 6.07) is 10.5. The largest absolute Gasteiger partial charge is 0.477 e. The van der Waals surface area contributed by atoms with Crippen LogP contribution < -0.4 is 5.32 Å². The molecule has 0 bridgehead atoms. The second-order valence-corrected chi connectivity index (χ2v) is 5.59. The van der Waals surface area contributed by atoms with Crippen LogP contribution in [0.4, 0.5) is 5.69 Å². The standard InChI is InChI=1S/C15H11N3O2S/c1-9-12(5-14(21-9)15(19)20)8-18-13-3-2-10(6-16)11(4-13)7-17/h2-5,18H,8H2,1H3,(H,19,20). The molecular weight excluding hydrogens is 286 g/mol. The van der Waals surface area contributed by atoms with Crippen molar-refractivity contribution in [2.45, 2.75) is 13.5 Å². The highest BCUT2D eigenvalue weighted by Crippen LogP contribution is 2.23. The summed E-state index contributed by atoms with van der Waals surface area (Å²) in [7, 11) is 0. The maximum atomic E-state index is 10.9. The lowest BCUT2D eigenvalue weighted by molar-refractivity contribution is 0.0702. The summed E-state index contributed by atoms with van der Waals surface area (Å²) in [4.78, 5) is 12.2. The number of hydrogen-bond donors (Lipinski definition) is 2. The summed E-state index contributed by atoms with van der Waals surface area (Å²) >= 11 is 1.24. The second kappa shape index (κ2) is 6.08. The smallest absolute Gasteiger partial charge is 0.345 e. The maximum Gasteiger partial charge on any atom is 0.345 e. The van der Waals surface area contributed by atoms with Gasteiger partial charge in [0.2, 0.25) is 0 Å². The summed E-state index contributed by atoms with van der Waals surface area (Å²) < 4.78 is 0. The number of aromatic carboxylic acids is 1. The van der Waals surface area contributed by atoms with Gasteiger partial charge in [-0.2, -0.15) is 10.5 Å². The maximum absolute atomic E-state index is 10.9. The molecule has 2 rings (SSSR count). The number of benzene rings is 1. The monoisotopic (exact) mass is 297 g/mol.